The van der Waals surface area contributed by atoms with Crippen LogP contribution in [0.4, 0.5) is 11.6 Å². The molecule has 0 spiro atoms. The summed E-state index contributed by atoms with van der Waals surface area (Å²) < 4.78 is 0. The van der Waals surface area contributed by atoms with Crippen molar-refractivity contribution in [2.45, 2.75) is 32.9 Å². The highest BCUT2D eigenvalue weighted by molar-refractivity contribution is 5.61. The van der Waals surface area contributed by atoms with Gasteiger partial charge in [-0.3, -0.25) is 4.98 Å². The summed E-state index contributed by atoms with van der Waals surface area (Å²) in [5.74, 6) is 2.31. The summed E-state index contributed by atoms with van der Waals surface area (Å²) in [5, 5.41) is 6.78. The molecular formula is C20H23N5. The molecule has 1 atom stereocenters. The molecule has 0 aliphatic rings. The van der Waals surface area contributed by atoms with Crippen LogP contribution in [-0.4, -0.2) is 21.0 Å². The van der Waals surface area contributed by atoms with Crippen molar-refractivity contribution in [3.63, 3.8) is 0 Å². The van der Waals surface area contributed by atoms with E-state index in [1.165, 1.54) is 0 Å². The SMILES string of the molecule is CCC(C)Nc1cc(NCc2ccccn2)nc(-c2ccccc2)n1. The number of aromatic nitrogens is 3. The molecule has 0 aliphatic heterocycles. The Morgan fingerprint density at radius 2 is 1.72 bits per heavy atom. The van der Waals surface area contributed by atoms with Gasteiger partial charge in [-0.15, -0.1) is 0 Å². The van der Waals surface area contributed by atoms with Gasteiger partial charge in [0.05, 0.1) is 12.2 Å². The molecule has 1 unspecified atom stereocenters. The van der Waals surface area contributed by atoms with E-state index in [2.05, 4.69) is 39.4 Å². The Morgan fingerprint density at radius 3 is 2.44 bits per heavy atom. The molecule has 0 aliphatic carbocycles. The van der Waals surface area contributed by atoms with Crippen molar-refractivity contribution in [1.29, 1.82) is 0 Å². The Bertz CT molecular complexity index is 790. The molecule has 25 heavy (non-hydrogen) atoms. The number of rotatable bonds is 7. The smallest absolute Gasteiger partial charge is 0.163 e. The molecule has 0 saturated heterocycles. The Hall–Kier alpha value is -2.95. The third-order valence-electron chi connectivity index (χ3n) is 3.94. The largest absolute Gasteiger partial charge is 0.367 e. The van der Waals surface area contributed by atoms with E-state index in [9.17, 15) is 0 Å². The van der Waals surface area contributed by atoms with Crippen LogP contribution in [0.5, 0.6) is 0 Å². The summed E-state index contributed by atoms with van der Waals surface area (Å²) in [6, 6.07) is 18.2. The second kappa shape index (κ2) is 8.24. The lowest BCUT2D eigenvalue weighted by molar-refractivity contribution is 0.758. The number of benzene rings is 1. The molecule has 0 bridgehead atoms. The minimum atomic E-state index is 0.349. The van der Waals surface area contributed by atoms with Gasteiger partial charge in [-0.2, -0.15) is 0 Å². The van der Waals surface area contributed by atoms with Crippen LogP contribution in [0.2, 0.25) is 0 Å². The Kier molecular flexibility index (Phi) is 5.57. The quantitative estimate of drug-likeness (QED) is 0.672. The van der Waals surface area contributed by atoms with Crippen molar-refractivity contribution >= 4 is 11.6 Å². The minimum absolute atomic E-state index is 0.349. The second-order valence-corrected chi connectivity index (χ2v) is 5.96. The van der Waals surface area contributed by atoms with Gasteiger partial charge in [0, 0.05) is 23.9 Å². The maximum absolute atomic E-state index is 4.67. The molecule has 0 saturated carbocycles. The van der Waals surface area contributed by atoms with E-state index in [0.717, 1.165) is 29.3 Å². The van der Waals surface area contributed by atoms with Gasteiger partial charge < -0.3 is 10.6 Å². The first-order valence-corrected chi connectivity index (χ1v) is 8.59. The predicted molar refractivity (Wildman–Crippen MR) is 102 cm³/mol. The zero-order valence-corrected chi connectivity index (χ0v) is 14.6. The van der Waals surface area contributed by atoms with E-state index < -0.39 is 0 Å². The second-order valence-electron chi connectivity index (χ2n) is 5.96. The molecule has 3 aromatic rings. The lowest BCUT2D eigenvalue weighted by Gasteiger charge is -2.15. The van der Waals surface area contributed by atoms with Crippen molar-refractivity contribution in [2.24, 2.45) is 0 Å². The van der Waals surface area contributed by atoms with Crippen molar-refractivity contribution in [3.8, 4) is 11.4 Å². The first-order valence-electron chi connectivity index (χ1n) is 8.59. The molecular weight excluding hydrogens is 310 g/mol. The maximum atomic E-state index is 4.67. The highest BCUT2D eigenvalue weighted by atomic mass is 15.1. The van der Waals surface area contributed by atoms with Gasteiger partial charge in [-0.25, -0.2) is 9.97 Å². The molecule has 128 valence electrons. The topological polar surface area (TPSA) is 62.7 Å². The molecule has 2 heterocycles. The van der Waals surface area contributed by atoms with Crippen LogP contribution < -0.4 is 10.6 Å². The van der Waals surface area contributed by atoms with Crippen LogP contribution in [0.1, 0.15) is 26.0 Å². The van der Waals surface area contributed by atoms with E-state index in [1.54, 1.807) is 6.20 Å². The molecule has 0 radical (unpaired) electrons. The van der Waals surface area contributed by atoms with Crippen LogP contribution >= 0.6 is 0 Å². The average Bonchev–Trinajstić information content (AvgIpc) is 2.67. The number of pyridine rings is 1. The summed E-state index contributed by atoms with van der Waals surface area (Å²) in [6.07, 6.45) is 2.82. The van der Waals surface area contributed by atoms with Gasteiger partial charge in [0.1, 0.15) is 11.6 Å². The summed E-state index contributed by atoms with van der Waals surface area (Å²) in [5.41, 5.74) is 1.97. The van der Waals surface area contributed by atoms with Crippen LogP contribution in [0.25, 0.3) is 11.4 Å². The molecule has 2 aromatic heterocycles. The number of hydrogen-bond acceptors (Lipinski definition) is 5. The molecule has 3 rings (SSSR count). The first-order chi connectivity index (χ1) is 12.2. The summed E-state index contributed by atoms with van der Waals surface area (Å²) in [6.45, 7) is 4.91. The number of anilines is 2. The minimum Gasteiger partial charge on any atom is -0.367 e. The molecule has 5 heteroatoms. The van der Waals surface area contributed by atoms with E-state index in [0.29, 0.717) is 18.4 Å². The lowest BCUT2D eigenvalue weighted by Crippen LogP contribution is -2.15. The molecule has 0 amide bonds. The molecule has 5 nitrogen and oxygen atoms in total. The lowest BCUT2D eigenvalue weighted by atomic mass is 10.2. The van der Waals surface area contributed by atoms with Gasteiger partial charge in [0.15, 0.2) is 5.82 Å². The van der Waals surface area contributed by atoms with Crippen molar-refractivity contribution in [3.05, 3.63) is 66.5 Å². The standard InChI is InChI=1S/C20H23N5/c1-3-15(2)23-19-13-18(22-14-17-11-7-8-12-21-17)24-20(25-19)16-9-5-4-6-10-16/h4-13,15H,3,14H2,1-2H3,(H2,22,23,24,25). The average molecular weight is 333 g/mol. The van der Waals surface area contributed by atoms with E-state index in [4.69, 9.17) is 0 Å². The van der Waals surface area contributed by atoms with Gasteiger partial charge in [-0.1, -0.05) is 43.3 Å². The van der Waals surface area contributed by atoms with Crippen molar-refractivity contribution in [1.82, 2.24) is 15.0 Å². The van der Waals surface area contributed by atoms with Gasteiger partial charge in [-0.05, 0) is 25.5 Å². The van der Waals surface area contributed by atoms with E-state index in [-0.39, 0.29) is 0 Å². The fourth-order valence-electron chi connectivity index (χ4n) is 2.37. The van der Waals surface area contributed by atoms with Crippen LogP contribution in [0, 0.1) is 0 Å². The number of hydrogen-bond donors (Lipinski definition) is 2. The molecule has 1 aromatic carbocycles. The maximum Gasteiger partial charge on any atom is 0.163 e. The zero-order chi connectivity index (χ0) is 17.5. The van der Waals surface area contributed by atoms with Crippen LogP contribution in [0.15, 0.2) is 60.8 Å². The molecule has 0 fully saturated rings. The normalized spacial score (nSPS) is 11.8. The Morgan fingerprint density at radius 1 is 0.960 bits per heavy atom. The van der Waals surface area contributed by atoms with Crippen molar-refractivity contribution < 1.29 is 0 Å². The highest BCUT2D eigenvalue weighted by Gasteiger charge is 2.09. The third-order valence-corrected chi connectivity index (χ3v) is 3.94. The summed E-state index contributed by atoms with van der Waals surface area (Å²) in [4.78, 5) is 13.7. The molecule has 2 N–H and O–H groups in total. The van der Waals surface area contributed by atoms with E-state index in [1.807, 2.05) is 54.6 Å². The van der Waals surface area contributed by atoms with Crippen LogP contribution in [0.3, 0.4) is 0 Å². The highest BCUT2D eigenvalue weighted by Crippen LogP contribution is 2.21. The number of nitrogens with zero attached hydrogens (tertiary/aromatic N) is 3. The van der Waals surface area contributed by atoms with Gasteiger partial charge in [0.25, 0.3) is 0 Å². The fraction of sp³-hybridized carbons (Fsp3) is 0.250. The predicted octanol–water partition coefficient (Wildman–Crippen LogP) is 4.36. The first kappa shape index (κ1) is 16.9. The monoisotopic (exact) mass is 333 g/mol. The van der Waals surface area contributed by atoms with Gasteiger partial charge in [0.2, 0.25) is 0 Å². The van der Waals surface area contributed by atoms with Crippen molar-refractivity contribution in [2.75, 3.05) is 10.6 Å². The third kappa shape index (κ3) is 4.76. The van der Waals surface area contributed by atoms with E-state index >= 15 is 0 Å². The van der Waals surface area contributed by atoms with Crippen LogP contribution in [-0.2, 0) is 6.54 Å². The Labute approximate surface area is 148 Å². The van der Waals surface area contributed by atoms with Gasteiger partial charge >= 0.3 is 0 Å². The number of nitrogens with one attached hydrogen (secondary N) is 2. The zero-order valence-electron chi connectivity index (χ0n) is 14.6. The Balaban J connectivity index is 1.86. The summed E-state index contributed by atoms with van der Waals surface area (Å²) in [7, 11) is 0. The summed E-state index contributed by atoms with van der Waals surface area (Å²) >= 11 is 0. The fourth-order valence-corrected chi connectivity index (χ4v) is 2.37.